The maximum Gasteiger partial charge on any atom is 0.289 e. The Hall–Kier alpha value is -3.05. The summed E-state index contributed by atoms with van der Waals surface area (Å²) in [5.41, 5.74) is 2.23. The third kappa shape index (κ3) is 4.20. The van der Waals surface area contributed by atoms with Crippen molar-refractivity contribution in [2.75, 3.05) is 14.1 Å². The fourth-order valence-corrected chi connectivity index (χ4v) is 2.93. The lowest BCUT2D eigenvalue weighted by molar-refractivity contribution is 0.0754. The first-order valence-electron chi connectivity index (χ1n) is 8.41. The summed E-state index contributed by atoms with van der Waals surface area (Å²) < 4.78 is 5.71. The van der Waals surface area contributed by atoms with E-state index in [4.69, 9.17) is 16.0 Å². The van der Waals surface area contributed by atoms with Crippen molar-refractivity contribution in [2.45, 2.75) is 6.54 Å². The van der Waals surface area contributed by atoms with Crippen molar-refractivity contribution in [2.24, 2.45) is 0 Å². The van der Waals surface area contributed by atoms with Crippen LogP contribution in [0.3, 0.4) is 0 Å². The lowest BCUT2D eigenvalue weighted by Gasteiger charge is -2.16. The fraction of sp³-hybridized carbons (Fsp3) is 0.143. The molecule has 0 aliphatic heterocycles. The minimum Gasteiger partial charge on any atom is -0.451 e. The van der Waals surface area contributed by atoms with Gasteiger partial charge in [0.1, 0.15) is 5.76 Å². The third-order valence-corrected chi connectivity index (χ3v) is 4.50. The Bertz CT molecular complexity index is 964. The van der Waals surface area contributed by atoms with E-state index in [1.54, 1.807) is 49.3 Å². The first-order chi connectivity index (χ1) is 13.0. The Labute approximate surface area is 162 Å². The number of nitrogens with zero attached hydrogens (tertiary/aromatic N) is 1. The van der Waals surface area contributed by atoms with Crippen LogP contribution in [0, 0.1) is 0 Å². The quantitative estimate of drug-likeness (QED) is 0.718. The molecule has 0 unspecified atom stereocenters. The summed E-state index contributed by atoms with van der Waals surface area (Å²) in [5, 5.41) is 3.14. The maximum absolute atomic E-state index is 12.6. The van der Waals surface area contributed by atoms with Gasteiger partial charge in [0.2, 0.25) is 0 Å². The lowest BCUT2D eigenvalue weighted by Crippen LogP contribution is -2.25. The third-order valence-electron chi connectivity index (χ3n) is 4.17. The average molecular weight is 383 g/mol. The van der Waals surface area contributed by atoms with Crippen molar-refractivity contribution < 1.29 is 14.0 Å². The van der Waals surface area contributed by atoms with Gasteiger partial charge in [0.15, 0.2) is 5.76 Å². The predicted molar refractivity (Wildman–Crippen MR) is 105 cm³/mol. The van der Waals surface area contributed by atoms with E-state index in [1.165, 1.54) is 0 Å². The van der Waals surface area contributed by atoms with E-state index >= 15 is 0 Å². The number of furan rings is 1. The van der Waals surface area contributed by atoms with Crippen LogP contribution in [-0.2, 0) is 6.54 Å². The van der Waals surface area contributed by atoms with E-state index in [9.17, 15) is 9.59 Å². The van der Waals surface area contributed by atoms with Gasteiger partial charge < -0.3 is 14.6 Å². The summed E-state index contributed by atoms with van der Waals surface area (Å²) in [7, 11) is 3.29. The number of amides is 2. The van der Waals surface area contributed by atoms with Crippen molar-refractivity contribution >= 4 is 23.4 Å². The summed E-state index contributed by atoms with van der Waals surface area (Å²) in [5.74, 6) is 0.416. The molecule has 1 aromatic heterocycles. The minimum absolute atomic E-state index is 0.145. The lowest BCUT2D eigenvalue weighted by atomic mass is 10.1. The van der Waals surface area contributed by atoms with E-state index in [1.807, 2.05) is 30.3 Å². The van der Waals surface area contributed by atoms with E-state index < -0.39 is 0 Å². The average Bonchev–Trinajstić information content (AvgIpc) is 3.17. The monoisotopic (exact) mass is 382 g/mol. The zero-order valence-electron chi connectivity index (χ0n) is 15.0. The van der Waals surface area contributed by atoms with Gasteiger partial charge in [0.25, 0.3) is 11.8 Å². The van der Waals surface area contributed by atoms with Crippen LogP contribution in [0.1, 0.15) is 26.5 Å². The first kappa shape index (κ1) is 18.7. The van der Waals surface area contributed by atoms with E-state index in [0.29, 0.717) is 22.9 Å². The molecule has 138 valence electrons. The zero-order chi connectivity index (χ0) is 19.4. The Balaban J connectivity index is 1.71. The van der Waals surface area contributed by atoms with Crippen LogP contribution in [0.15, 0.2) is 65.1 Å². The zero-order valence-corrected chi connectivity index (χ0v) is 15.8. The molecule has 1 heterocycles. The topological polar surface area (TPSA) is 62.6 Å². The van der Waals surface area contributed by atoms with Gasteiger partial charge in [-0.2, -0.15) is 0 Å². The highest BCUT2D eigenvalue weighted by atomic mass is 35.5. The van der Waals surface area contributed by atoms with Crippen molar-refractivity contribution in [3.8, 4) is 11.3 Å². The molecule has 0 saturated heterocycles. The molecular weight excluding hydrogens is 364 g/mol. The molecule has 0 bridgehead atoms. The second-order valence-electron chi connectivity index (χ2n) is 6.08. The Morgan fingerprint density at radius 2 is 1.74 bits per heavy atom. The molecule has 0 aliphatic rings. The molecule has 5 nitrogen and oxygen atoms in total. The second-order valence-corrected chi connectivity index (χ2v) is 6.49. The summed E-state index contributed by atoms with van der Waals surface area (Å²) in [6, 6.07) is 17.8. The van der Waals surface area contributed by atoms with Gasteiger partial charge in [-0.05, 0) is 42.0 Å². The summed E-state index contributed by atoms with van der Waals surface area (Å²) in [4.78, 5) is 25.8. The van der Waals surface area contributed by atoms with Crippen LogP contribution >= 0.6 is 11.6 Å². The highest BCUT2D eigenvalue weighted by molar-refractivity contribution is 6.33. The fourth-order valence-electron chi connectivity index (χ4n) is 2.70. The van der Waals surface area contributed by atoms with Gasteiger partial charge in [-0.15, -0.1) is 0 Å². The summed E-state index contributed by atoms with van der Waals surface area (Å²) >= 11 is 6.18. The van der Waals surface area contributed by atoms with E-state index in [2.05, 4.69) is 5.32 Å². The number of benzene rings is 2. The molecule has 3 aromatic rings. The molecule has 3 rings (SSSR count). The maximum atomic E-state index is 12.6. The molecule has 2 aromatic carbocycles. The molecule has 27 heavy (non-hydrogen) atoms. The number of rotatable bonds is 5. The highest BCUT2D eigenvalue weighted by Gasteiger charge is 2.18. The first-order valence-corrected chi connectivity index (χ1v) is 8.78. The highest BCUT2D eigenvalue weighted by Crippen LogP contribution is 2.29. The molecule has 0 spiro atoms. The van der Waals surface area contributed by atoms with Crippen molar-refractivity contribution in [3.05, 3.63) is 82.6 Å². The molecule has 2 amide bonds. The molecule has 0 atom stereocenters. The normalized spacial score (nSPS) is 10.5. The van der Waals surface area contributed by atoms with Crippen LogP contribution in [0.2, 0.25) is 5.02 Å². The van der Waals surface area contributed by atoms with Crippen LogP contribution in [-0.4, -0.2) is 30.8 Å². The smallest absolute Gasteiger partial charge is 0.289 e. The number of hydrogen-bond acceptors (Lipinski definition) is 3. The van der Waals surface area contributed by atoms with Crippen molar-refractivity contribution in [1.82, 2.24) is 10.2 Å². The van der Waals surface area contributed by atoms with Gasteiger partial charge in [0, 0.05) is 31.8 Å². The Kier molecular flexibility index (Phi) is 5.62. The van der Waals surface area contributed by atoms with Crippen LogP contribution in [0.25, 0.3) is 11.3 Å². The van der Waals surface area contributed by atoms with Gasteiger partial charge >= 0.3 is 0 Å². The number of halogens is 1. The number of carbonyl (C=O) groups is 2. The van der Waals surface area contributed by atoms with Crippen molar-refractivity contribution in [3.63, 3.8) is 0 Å². The SMILES string of the molecule is CNC(=O)c1ccc(CN(C)C(=O)c2ccc(-c3ccccc3Cl)o2)cc1. The van der Waals surface area contributed by atoms with Gasteiger partial charge in [-0.1, -0.05) is 35.9 Å². The summed E-state index contributed by atoms with van der Waals surface area (Å²) in [6.07, 6.45) is 0. The van der Waals surface area contributed by atoms with Crippen LogP contribution in [0.5, 0.6) is 0 Å². The van der Waals surface area contributed by atoms with Gasteiger partial charge in [-0.3, -0.25) is 9.59 Å². The van der Waals surface area contributed by atoms with E-state index in [0.717, 1.165) is 11.1 Å². The largest absolute Gasteiger partial charge is 0.451 e. The van der Waals surface area contributed by atoms with Gasteiger partial charge in [0.05, 0.1) is 5.02 Å². The predicted octanol–water partition coefficient (Wildman–Crippen LogP) is 4.23. The number of nitrogens with one attached hydrogen (secondary N) is 1. The number of carbonyl (C=O) groups excluding carboxylic acids is 2. The molecule has 6 heteroatoms. The van der Waals surface area contributed by atoms with E-state index in [-0.39, 0.29) is 17.6 Å². The molecule has 0 saturated carbocycles. The van der Waals surface area contributed by atoms with Gasteiger partial charge in [-0.25, -0.2) is 0 Å². The minimum atomic E-state index is -0.233. The van der Waals surface area contributed by atoms with Crippen LogP contribution < -0.4 is 5.32 Å². The Morgan fingerprint density at radius 3 is 2.41 bits per heavy atom. The molecule has 0 aliphatic carbocycles. The summed E-state index contributed by atoms with van der Waals surface area (Å²) in [6.45, 7) is 0.398. The molecule has 1 N–H and O–H groups in total. The van der Waals surface area contributed by atoms with Crippen LogP contribution in [0.4, 0.5) is 0 Å². The second kappa shape index (κ2) is 8.10. The standard InChI is InChI=1S/C21H19ClN2O3/c1-23-20(25)15-9-7-14(8-10-15)13-24(2)21(26)19-12-11-18(27-19)16-5-3-4-6-17(16)22/h3-12H,13H2,1-2H3,(H,23,25). The Morgan fingerprint density at radius 1 is 1.04 bits per heavy atom. The molecule has 0 radical (unpaired) electrons. The number of hydrogen-bond donors (Lipinski definition) is 1. The molecule has 0 fully saturated rings. The molecular formula is C21H19ClN2O3. The van der Waals surface area contributed by atoms with Crippen molar-refractivity contribution in [1.29, 1.82) is 0 Å².